The Balaban J connectivity index is 1.78. The van der Waals surface area contributed by atoms with Crippen molar-refractivity contribution in [2.24, 2.45) is 0 Å². The molecule has 7 heteroatoms. The van der Waals surface area contributed by atoms with Gasteiger partial charge in [0.05, 0.1) is 0 Å². The van der Waals surface area contributed by atoms with Crippen LogP contribution in [-0.4, -0.2) is 16.1 Å². The van der Waals surface area contributed by atoms with Crippen LogP contribution in [0.4, 0.5) is 0 Å². The van der Waals surface area contributed by atoms with Crippen molar-refractivity contribution in [1.29, 1.82) is 0 Å². The first-order valence-electron chi connectivity index (χ1n) is 8.17. The van der Waals surface area contributed by atoms with E-state index in [1.165, 1.54) is 6.92 Å². The standard InChI is InChI=1S/C20H14N2O5/c1-11-6-8-13(9-7-11)18-21-19(27-22-18)15-10-14-4-3-5-16(25-12(2)23)17(14)26-20(15)24/h3-10H,1-2H3. The van der Waals surface area contributed by atoms with E-state index in [2.05, 4.69) is 10.1 Å². The molecular formula is C20H14N2O5. The maximum Gasteiger partial charge on any atom is 0.349 e. The van der Waals surface area contributed by atoms with Gasteiger partial charge in [-0.2, -0.15) is 4.98 Å². The minimum atomic E-state index is -0.666. The van der Waals surface area contributed by atoms with Gasteiger partial charge >= 0.3 is 11.6 Å². The van der Waals surface area contributed by atoms with Crippen LogP contribution in [0.2, 0.25) is 0 Å². The molecule has 7 nitrogen and oxygen atoms in total. The highest BCUT2D eigenvalue weighted by atomic mass is 16.5. The van der Waals surface area contributed by atoms with Gasteiger partial charge in [-0.25, -0.2) is 4.79 Å². The average molecular weight is 362 g/mol. The summed E-state index contributed by atoms with van der Waals surface area (Å²) in [6.07, 6.45) is 0. The number of hydrogen-bond donors (Lipinski definition) is 0. The van der Waals surface area contributed by atoms with Gasteiger partial charge in [-0.3, -0.25) is 4.79 Å². The molecule has 0 bridgehead atoms. The Labute approximate surface area is 153 Å². The number of carbonyl (C=O) groups is 1. The molecule has 0 aliphatic rings. The smallest absolute Gasteiger partial charge is 0.349 e. The summed E-state index contributed by atoms with van der Waals surface area (Å²) in [5.41, 5.74) is 1.54. The van der Waals surface area contributed by atoms with Crippen molar-refractivity contribution in [2.45, 2.75) is 13.8 Å². The Morgan fingerprint density at radius 2 is 1.89 bits per heavy atom. The fourth-order valence-electron chi connectivity index (χ4n) is 2.65. The van der Waals surface area contributed by atoms with Crippen molar-refractivity contribution >= 4 is 16.9 Å². The molecule has 2 aromatic carbocycles. The number of aryl methyl sites for hydroxylation is 1. The third-order valence-electron chi connectivity index (χ3n) is 3.94. The van der Waals surface area contributed by atoms with E-state index in [0.717, 1.165) is 11.1 Å². The van der Waals surface area contributed by atoms with Crippen LogP contribution in [0.5, 0.6) is 5.75 Å². The molecule has 0 radical (unpaired) electrons. The SMILES string of the molecule is CC(=O)Oc1cccc2cc(-c3nc(-c4ccc(C)cc4)no3)c(=O)oc12. The Morgan fingerprint density at radius 3 is 2.63 bits per heavy atom. The highest BCUT2D eigenvalue weighted by molar-refractivity contribution is 5.87. The zero-order valence-electron chi connectivity index (χ0n) is 14.6. The van der Waals surface area contributed by atoms with Crippen LogP contribution in [0.3, 0.4) is 0 Å². The zero-order chi connectivity index (χ0) is 19.0. The van der Waals surface area contributed by atoms with Crippen LogP contribution in [-0.2, 0) is 4.79 Å². The quantitative estimate of drug-likeness (QED) is 0.311. The van der Waals surface area contributed by atoms with Gasteiger partial charge in [0.2, 0.25) is 5.82 Å². The maximum atomic E-state index is 12.4. The number of hydrogen-bond acceptors (Lipinski definition) is 7. The summed E-state index contributed by atoms with van der Waals surface area (Å²) < 4.78 is 15.7. The Bertz CT molecular complexity index is 1210. The van der Waals surface area contributed by atoms with E-state index in [9.17, 15) is 9.59 Å². The fourth-order valence-corrected chi connectivity index (χ4v) is 2.65. The van der Waals surface area contributed by atoms with Gasteiger partial charge in [0, 0.05) is 17.9 Å². The Kier molecular flexibility index (Phi) is 4.04. The van der Waals surface area contributed by atoms with Gasteiger partial charge in [0.15, 0.2) is 11.3 Å². The van der Waals surface area contributed by atoms with Crippen molar-refractivity contribution in [2.75, 3.05) is 0 Å². The predicted octanol–water partition coefficient (Wildman–Crippen LogP) is 3.74. The molecule has 0 aliphatic carbocycles. The minimum Gasteiger partial charge on any atom is -0.423 e. The predicted molar refractivity (Wildman–Crippen MR) is 97.3 cm³/mol. The molecule has 0 spiro atoms. The Hall–Kier alpha value is -3.74. The van der Waals surface area contributed by atoms with Gasteiger partial charge in [-0.05, 0) is 19.1 Å². The molecule has 0 saturated heterocycles. The largest absolute Gasteiger partial charge is 0.423 e. The highest BCUT2D eigenvalue weighted by Gasteiger charge is 2.18. The number of ether oxygens (including phenoxy) is 1. The van der Waals surface area contributed by atoms with E-state index in [0.29, 0.717) is 11.2 Å². The van der Waals surface area contributed by atoms with Crippen LogP contribution in [0.25, 0.3) is 33.8 Å². The average Bonchev–Trinajstić information content (AvgIpc) is 3.12. The molecular weight excluding hydrogens is 348 g/mol. The lowest BCUT2D eigenvalue weighted by Crippen LogP contribution is -2.06. The molecule has 0 atom stereocenters. The summed E-state index contributed by atoms with van der Waals surface area (Å²) >= 11 is 0. The van der Waals surface area contributed by atoms with Crippen LogP contribution in [0.15, 0.2) is 62.3 Å². The molecule has 0 unspecified atom stereocenters. The zero-order valence-corrected chi connectivity index (χ0v) is 14.6. The number of para-hydroxylation sites is 1. The first-order valence-corrected chi connectivity index (χ1v) is 8.17. The van der Waals surface area contributed by atoms with Crippen molar-refractivity contribution in [3.63, 3.8) is 0 Å². The second-order valence-electron chi connectivity index (χ2n) is 6.00. The van der Waals surface area contributed by atoms with Crippen LogP contribution < -0.4 is 10.4 Å². The molecule has 0 fully saturated rings. The molecule has 0 aliphatic heterocycles. The molecule has 4 aromatic rings. The summed E-state index contributed by atoms with van der Waals surface area (Å²) in [5, 5.41) is 4.50. The number of carbonyl (C=O) groups excluding carboxylic acids is 1. The van der Waals surface area contributed by atoms with E-state index in [-0.39, 0.29) is 22.8 Å². The van der Waals surface area contributed by atoms with Crippen LogP contribution in [0, 0.1) is 6.92 Å². The van der Waals surface area contributed by atoms with E-state index in [1.54, 1.807) is 24.3 Å². The third kappa shape index (κ3) is 3.22. The second-order valence-corrected chi connectivity index (χ2v) is 6.00. The summed E-state index contributed by atoms with van der Waals surface area (Å²) in [5.74, 6) is 0.0978. The van der Waals surface area contributed by atoms with E-state index >= 15 is 0 Å². The molecule has 2 heterocycles. The van der Waals surface area contributed by atoms with E-state index < -0.39 is 11.6 Å². The van der Waals surface area contributed by atoms with Crippen molar-refractivity contribution < 1.29 is 18.5 Å². The van der Waals surface area contributed by atoms with Gasteiger partial charge in [-0.1, -0.05) is 47.1 Å². The van der Waals surface area contributed by atoms with Crippen molar-refractivity contribution in [1.82, 2.24) is 10.1 Å². The molecule has 134 valence electrons. The van der Waals surface area contributed by atoms with Crippen molar-refractivity contribution in [3.05, 3.63) is 64.5 Å². The van der Waals surface area contributed by atoms with Crippen LogP contribution >= 0.6 is 0 Å². The molecule has 0 amide bonds. The van der Waals surface area contributed by atoms with E-state index in [4.69, 9.17) is 13.7 Å². The summed E-state index contributed by atoms with van der Waals surface area (Å²) in [7, 11) is 0. The monoisotopic (exact) mass is 362 g/mol. The van der Waals surface area contributed by atoms with Gasteiger partial charge in [-0.15, -0.1) is 0 Å². The van der Waals surface area contributed by atoms with Gasteiger partial charge in [0.1, 0.15) is 5.56 Å². The number of nitrogens with zero attached hydrogens (tertiary/aromatic N) is 2. The summed E-state index contributed by atoms with van der Waals surface area (Å²) in [6, 6.07) is 14.2. The minimum absolute atomic E-state index is 0.0547. The third-order valence-corrected chi connectivity index (χ3v) is 3.94. The lowest BCUT2D eigenvalue weighted by Gasteiger charge is -2.04. The summed E-state index contributed by atoms with van der Waals surface area (Å²) in [6.45, 7) is 3.26. The number of aromatic nitrogens is 2. The first kappa shape index (κ1) is 16.7. The maximum absolute atomic E-state index is 12.4. The van der Waals surface area contributed by atoms with Crippen LogP contribution in [0.1, 0.15) is 12.5 Å². The van der Waals surface area contributed by atoms with Gasteiger partial charge in [0.25, 0.3) is 5.89 Å². The highest BCUT2D eigenvalue weighted by Crippen LogP contribution is 2.28. The number of benzene rings is 2. The fraction of sp³-hybridized carbons (Fsp3) is 0.100. The molecule has 0 saturated carbocycles. The topological polar surface area (TPSA) is 95.4 Å². The normalized spacial score (nSPS) is 10.9. The Morgan fingerprint density at radius 1 is 1.11 bits per heavy atom. The molecule has 0 N–H and O–H groups in total. The molecule has 4 rings (SSSR count). The number of esters is 1. The summed E-state index contributed by atoms with van der Waals surface area (Å²) in [4.78, 5) is 27.9. The number of rotatable bonds is 3. The molecule has 2 aromatic heterocycles. The van der Waals surface area contributed by atoms with Crippen molar-refractivity contribution in [3.8, 4) is 28.6 Å². The van der Waals surface area contributed by atoms with Gasteiger partial charge < -0.3 is 13.7 Å². The lowest BCUT2D eigenvalue weighted by molar-refractivity contribution is -0.131. The lowest BCUT2D eigenvalue weighted by atomic mass is 10.1. The molecule has 27 heavy (non-hydrogen) atoms. The van der Waals surface area contributed by atoms with E-state index in [1.807, 2.05) is 31.2 Å². The second kappa shape index (κ2) is 6.53. The number of fused-ring (bicyclic) bond motifs is 1. The first-order chi connectivity index (χ1) is 13.0.